The molecule has 3 nitrogen and oxygen atoms in total. The number of nitrogens with zero attached hydrogens (tertiary/aromatic N) is 1. The van der Waals surface area contributed by atoms with Crippen molar-refractivity contribution in [2.24, 2.45) is 11.7 Å². The van der Waals surface area contributed by atoms with E-state index in [1.807, 2.05) is 0 Å². The largest absolute Gasteiger partial charge is 0.380 e. The predicted molar refractivity (Wildman–Crippen MR) is 54.7 cm³/mol. The monoisotopic (exact) mass is 186 g/mol. The SMILES string of the molecule is COC(C)CN1CC(N)(C(C)C)C1. The molecule has 1 rings (SSSR count). The van der Waals surface area contributed by atoms with Gasteiger partial charge in [-0.3, -0.25) is 4.90 Å². The van der Waals surface area contributed by atoms with Crippen molar-refractivity contribution in [2.45, 2.75) is 32.4 Å². The quantitative estimate of drug-likeness (QED) is 0.702. The summed E-state index contributed by atoms with van der Waals surface area (Å²) in [4.78, 5) is 2.36. The second-order valence-electron chi connectivity index (χ2n) is 4.60. The molecule has 1 aliphatic rings. The van der Waals surface area contributed by atoms with Gasteiger partial charge in [0.05, 0.1) is 6.10 Å². The Balaban J connectivity index is 2.25. The van der Waals surface area contributed by atoms with Crippen molar-refractivity contribution >= 4 is 0 Å². The smallest absolute Gasteiger partial charge is 0.0670 e. The van der Waals surface area contributed by atoms with E-state index in [0.717, 1.165) is 19.6 Å². The Bertz CT molecular complexity index is 164. The van der Waals surface area contributed by atoms with Gasteiger partial charge in [-0.15, -0.1) is 0 Å². The van der Waals surface area contributed by atoms with E-state index in [4.69, 9.17) is 10.5 Å². The van der Waals surface area contributed by atoms with Crippen molar-refractivity contribution in [1.82, 2.24) is 4.90 Å². The lowest BCUT2D eigenvalue weighted by molar-refractivity contribution is -0.00611. The fourth-order valence-electron chi connectivity index (χ4n) is 1.72. The maximum Gasteiger partial charge on any atom is 0.0670 e. The zero-order chi connectivity index (χ0) is 10.1. The molecule has 13 heavy (non-hydrogen) atoms. The zero-order valence-electron chi connectivity index (χ0n) is 9.21. The van der Waals surface area contributed by atoms with Crippen LogP contribution in [0.15, 0.2) is 0 Å². The highest BCUT2D eigenvalue weighted by atomic mass is 16.5. The molecule has 0 aromatic rings. The molecular weight excluding hydrogens is 164 g/mol. The number of hydrogen-bond acceptors (Lipinski definition) is 3. The summed E-state index contributed by atoms with van der Waals surface area (Å²) < 4.78 is 5.20. The van der Waals surface area contributed by atoms with Crippen LogP contribution < -0.4 is 5.73 Å². The fourth-order valence-corrected chi connectivity index (χ4v) is 1.72. The number of likely N-dealkylation sites (tertiary alicyclic amines) is 1. The minimum absolute atomic E-state index is 0.0491. The van der Waals surface area contributed by atoms with Crippen molar-refractivity contribution < 1.29 is 4.74 Å². The average molecular weight is 186 g/mol. The molecule has 0 saturated carbocycles. The number of rotatable bonds is 4. The van der Waals surface area contributed by atoms with Crippen LogP contribution >= 0.6 is 0 Å². The third-order valence-corrected chi connectivity index (χ3v) is 3.10. The molecule has 0 radical (unpaired) electrons. The Morgan fingerprint density at radius 2 is 1.92 bits per heavy atom. The summed E-state index contributed by atoms with van der Waals surface area (Å²) in [7, 11) is 1.75. The summed E-state index contributed by atoms with van der Waals surface area (Å²) in [5, 5.41) is 0. The topological polar surface area (TPSA) is 38.5 Å². The standard InChI is InChI=1S/C10H22N2O/c1-8(2)10(11)6-12(7-10)5-9(3)13-4/h8-9H,5-7,11H2,1-4H3. The van der Waals surface area contributed by atoms with E-state index in [1.54, 1.807) is 7.11 Å². The van der Waals surface area contributed by atoms with E-state index in [0.29, 0.717) is 12.0 Å². The van der Waals surface area contributed by atoms with Crippen LogP contribution in [0.4, 0.5) is 0 Å². The van der Waals surface area contributed by atoms with E-state index in [2.05, 4.69) is 25.7 Å². The molecule has 1 saturated heterocycles. The Morgan fingerprint density at radius 1 is 1.38 bits per heavy atom. The molecular formula is C10H22N2O. The minimum Gasteiger partial charge on any atom is -0.380 e. The third kappa shape index (κ3) is 2.42. The summed E-state index contributed by atoms with van der Waals surface area (Å²) in [6, 6.07) is 0. The van der Waals surface area contributed by atoms with Crippen molar-refractivity contribution in [3.63, 3.8) is 0 Å². The highest BCUT2D eigenvalue weighted by Gasteiger charge is 2.41. The maximum absolute atomic E-state index is 6.17. The van der Waals surface area contributed by atoms with E-state index >= 15 is 0 Å². The van der Waals surface area contributed by atoms with Gasteiger partial charge in [-0.05, 0) is 12.8 Å². The Morgan fingerprint density at radius 3 is 2.31 bits per heavy atom. The first-order valence-corrected chi connectivity index (χ1v) is 5.02. The van der Waals surface area contributed by atoms with Gasteiger partial charge in [-0.2, -0.15) is 0 Å². The first-order valence-electron chi connectivity index (χ1n) is 5.02. The Hall–Kier alpha value is -0.120. The lowest BCUT2D eigenvalue weighted by Gasteiger charge is -2.51. The lowest BCUT2D eigenvalue weighted by atomic mass is 9.80. The molecule has 1 heterocycles. The van der Waals surface area contributed by atoms with Gasteiger partial charge in [0.15, 0.2) is 0 Å². The summed E-state index contributed by atoms with van der Waals surface area (Å²) in [5.41, 5.74) is 6.22. The van der Waals surface area contributed by atoms with Gasteiger partial charge >= 0.3 is 0 Å². The van der Waals surface area contributed by atoms with Crippen LogP contribution in [-0.4, -0.2) is 43.3 Å². The summed E-state index contributed by atoms with van der Waals surface area (Å²) in [5.74, 6) is 0.571. The van der Waals surface area contributed by atoms with Gasteiger partial charge in [0, 0.05) is 32.3 Å². The van der Waals surface area contributed by atoms with Gasteiger partial charge in [-0.1, -0.05) is 13.8 Å². The van der Waals surface area contributed by atoms with E-state index in [9.17, 15) is 0 Å². The van der Waals surface area contributed by atoms with Crippen molar-refractivity contribution in [2.75, 3.05) is 26.7 Å². The average Bonchev–Trinajstić information content (AvgIpc) is 2.00. The molecule has 1 aliphatic heterocycles. The second kappa shape index (κ2) is 3.95. The molecule has 0 spiro atoms. The van der Waals surface area contributed by atoms with E-state index in [-0.39, 0.29) is 5.54 Å². The Labute approximate surface area is 81.2 Å². The van der Waals surface area contributed by atoms with E-state index in [1.165, 1.54) is 0 Å². The summed E-state index contributed by atoms with van der Waals surface area (Å²) in [6.45, 7) is 9.50. The number of ether oxygens (including phenoxy) is 1. The van der Waals surface area contributed by atoms with Crippen LogP contribution in [0.1, 0.15) is 20.8 Å². The predicted octanol–water partition coefficient (Wildman–Crippen LogP) is 0.690. The first kappa shape index (κ1) is 11.0. The zero-order valence-corrected chi connectivity index (χ0v) is 9.21. The van der Waals surface area contributed by atoms with Gasteiger partial charge < -0.3 is 10.5 Å². The van der Waals surface area contributed by atoms with Gasteiger partial charge in [0.2, 0.25) is 0 Å². The van der Waals surface area contributed by atoms with Gasteiger partial charge in [-0.25, -0.2) is 0 Å². The summed E-state index contributed by atoms with van der Waals surface area (Å²) in [6.07, 6.45) is 0.316. The normalized spacial score (nSPS) is 24.5. The van der Waals surface area contributed by atoms with Crippen LogP contribution in [0, 0.1) is 5.92 Å². The van der Waals surface area contributed by atoms with Gasteiger partial charge in [0.1, 0.15) is 0 Å². The molecule has 0 bridgehead atoms. The molecule has 1 fully saturated rings. The van der Waals surface area contributed by atoms with Crippen molar-refractivity contribution in [1.29, 1.82) is 0 Å². The first-order chi connectivity index (χ1) is 5.98. The Kier molecular flexibility index (Phi) is 3.33. The molecule has 1 unspecified atom stereocenters. The molecule has 0 amide bonds. The molecule has 0 aliphatic carbocycles. The van der Waals surface area contributed by atoms with Crippen molar-refractivity contribution in [3.05, 3.63) is 0 Å². The molecule has 3 heteroatoms. The van der Waals surface area contributed by atoms with Crippen molar-refractivity contribution in [3.8, 4) is 0 Å². The van der Waals surface area contributed by atoms with Crippen LogP contribution in [-0.2, 0) is 4.74 Å². The second-order valence-corrected chi connectivity index (χ2v) is 4.60. The molecule has 1 atom stereocenters. The fraction of sp³-hybridized carbons (Fsp3) is 1.00. The highest BCUT2D eigenvalue weighted by Crippen LogP contribution is 2.25. The lowest BCUT2D eigenvalue weighted by Crippen LogP contribution is -2.70. The van der Waals surface area contributed by atoms with E-state index < -0.39 is 0 Å². The summed E-state index contributed by atoms with van der Waals surface area (Å²) >= 11 is 0. The molecule has 0 aromatic heterocycles. The highest BCUT2D eigenvalue weighted by molar-refractivity contribution is 5.02. The number of nitrogens with two attached hydrogens (primary N) is 1. The minimum atomic E-state index is 0.0491. The van der Waals surface area contributed by atoms with Gasteiger partial charge in [0.25, 0.3) is 0 Å². The third-order valence-electron chi connectivity index (χ3n) is 3.10. The maximum atomic E-state index is 6.17. The number of hydrogen-bond donors (Lipinski definition) is 1. The number of methoxy groups -OCH3 is 1. The molecule has 0 aromatic carbocycles. The molecule has 78 valence electrons. The molecule has 2 N–H and O–H groups in total. The van der Waals surface area contributed by atoms with Crippen LogP contribution in [0.2, 0.25) is 0 Å². The van der Waals surface area contributed by atoms with Crippen LogP contribution in [0.25, 0.3) is 0 Å². The van der Waals surface area contributed by atoms with Crippen LogP contribution in [0.5, 0.6) is 0 Å². The van der Waals surface area contributed by atoms with Crippen LogP contribution in [0.3, 0.4) is 0 Å².